The van der Waals surface area contributed by atoms with E-state index >= 15 is 0 Å². The van der Waals surface area contributed by atoms with E-state index in [0.717, 1.165) is 0 Å². The largest absolute Gasteiger partial charge is 0.465 e. The fraction of sp³-hybridized carbons (Fsp3) is 0.133. The summed E-state index contributed by atoms with van der Waals surface area (Å²) in [5.74, 6) is -0.601. The number of rotatable bonds is 3. The number of methoxy groups -OCH3 is 1. The molecule has 1 aromatic carbocycles. The molecule has 5 nitrogen and oxygen atoms in total. The van der Waals surface area contributed by atoms with Gasteiger partial charge in [0.2, 0.25) is 0 Å². The van der Waals surface area contributed by atoms with Crippen LogP contribution in [0.4, 0.5) is 0 Å². The van der Waals surface area contributed by atoms with Gasteiger partial charge in [0.05, 0.1) is 12.7 Å². The van der Waals surface area contributed by atoms with Gasteiger partial charge < -0.3 is 9.72 Å². The second kappa shape index (κ2) is 6.37. The number of esters is 1. The minimum Gasteiger partial charge on any atom is -0.465 e. The number of nitrogens with zero attached hydrogens (tertiary/aromatic N) is 1. The van der Waals surface area contributed by atoms with Gasteiger partial charge in [-0.2, -0.15) is 5.26 Å². The van der Waals surface area contributed by atoms with E-state index in [9.17, 15) is 14.9 Å². The van der Waals surface area contributed by atoms with E-state index in [1.807, 2.05) is 12.1 Å². The Hall–Kier alpha value is -2.39. The second-order valence-corrected chi connectivity index (χ2v) is 4.72. The summed E-state index contributed by atoms with van der Waals surface area (Å²) in [6, 6.07) is 10.7. The number of carbonyl (C=O) groups excluding carboxylic acids is 1. The molecule has 0 saturated heterocycles. The molecule has 0 aliphatic rings. The molecular weight excluding hydrogens is 336 g/mol. The highest BCUT2D eigenvalue weighted by atomic mass is 79.9. The van der Waals surface area contributed by atoms with Gasteiger partial charge in [-0.15, -0.1) is 0 Å². The number of pyridine rings is 1. The number of benzene rings is 1. The number of alkyl halides is 1. The Balaban J connectivity index is 2.94. The Kier molecular flexibility index (Phi) is 4.55. The standard InChI is InChI=1S/C15H11BrN2O3/c1-21-15(20)13-11(7-16)18-14(19)10(8-17)12(13)9-5-3-2-4-6-9/h2-6H,7H2,1H3,(H,18,19). The molecule has 0 aliphatic carbocycles. The summed E-state index contributed by atoms with van der Waals surface area (Å²) >= 11 is 3.23. The van der Waals surface area contributed by atoms with Gasteiger partial charge >= 0.3 is 5.97 Å². The van der Waals surface area contributed by atoms with Crippen LogP contribution < -0.4 is 5.56 Å². The normalized spacial score (nSPS) is 9.95. The maximum atomic E-state index is 12.1. The Morgan fingerprint density at radius 3 is 2.57 bits per heavy atom. The summed E-state index contributed by atoms with van der Waals surface area (Å²) < 4.78 is 4.79. The topological polar surface area (TPSA) is 83.0 Å². The maximum Gasteiger partial charge on any atom is 0.340 e. The van der Waals surface area contributed by atoms with E-state index in [1.54, 1.807) is 24.3 Å². The number of halogens is 1. The number of nitrogens with one attached hydrogen (secondary N) is 1. The molecular formula is C15H11BrN2O3. The minimum atomic E-state index is -0.601. The van der Waals surface area contributed by atoms with Crippen LogP contribution in [0.1, 0.15) is 21.6 Å². The van der Waals surface area contributed by atoms with Crippen LogP contribution in [0.2, 0.25) is 0 Å². The average molecular weight is 347 g/mol. The third kappa shape index (κ3) is 2.73. The van der Waals surface area contributed by atoms with Crippen molar-refractivity contribution in [3.05, 3.63) is 57.5 Å². The van der Waals surface area contributed by atoms with Gasteiger partial charge in [-0.1, -0.05) is 46.3 Å². The van der Waals surface area contributed by atoms with Crippen LogP contribution in [0.3, 0.4) is 0 Å². The lowest BCUT2D eigenvalue weighted by Gasteiger charge is -2.13. The highest BCUT2D eigenvalue weighted by molar-refractivity contribution is 9.08. The zero-order valence-electron chi connectivity index (χ0n) is 11.1. The fourth-order valence-electron chi connectivity index (χ4n) is 2.08. The predicted octanol–water partition coefficient (Wildman–Crippen LogP) is 2.60. The first-order chi connectivity index (χ1) is 10.1. The zero-order chi connectivity index (χ0) is 15.4. The third-order valence-corrected chi connectivity index (χ3v) is 3.55. The number of hydrogen-bond acceptors (Lipinski definition) is 4. The second-order valence-electron chi connectivity index (χ2n) is 4.16. The van der Waals surface area contributed by atoms with Crippen molar-refractivity contribution in [2.24, 2.45) is 0 Å². The summed E-state index contributed by atoms with van der Waals surface area (Å²) in [7, 11) is 1.26. The van der Waals surface area contributed by atoms with Gasteiger partial charge in [0.1, 0.15) is 11.6 Å². The van der Waals surface area contributed by atoms with Crippen LogP contribution in [0, 0.1) is 11.3 Å². The molecule has 6 heteroatoms. The van der Waals surface area contributed by atoms with E-state index in [-0.39, 0.29) is 16.5 Å². The van der Waals surface area contributed by atoms with Crippen LogP contribution in [-0.4, -0.2) is 18.1 Å². The number of aromatic amines is 1. The van der Waals surface area contributed by atoms with E-state index in [0.29, 0.717) is 16.8 Å². The van der Waals surface area contributed by atoms with Crippen molar-refractivity contribution < 1.29 is 9.53 Å². The van der Waals surface area contributed by atoms with Gasteiger partial charge in [0.25, 0.3) is 5.56 Å². The average Bonchev–Trinajstić information content (AvgIpc) is 2.53. The minimum absolute atomic E-state index is 0.105. The van der Waals surface area contributed by atoms with E-state index < -0.39 is 11.5 Å². The Labute approximate surface area is 129 Å². The summed E-state index contributed by atoms with van der Waals surface area (Å²) in [4.78, 5) is 26.7. The third-order valence-electron chi connectivity index (χ3n) is 2.99. The highest BCUT2D eigenvalue weighted by Gasteiger charge is 2.24. The van der Waals surface area contributed by atoms with Crippen LogP contribution in [0.25, 0.3) is 11.1 Å². The summed E-state index contributed by atoms with van der Waals surface area (Å²) in [6.45, 7) is 0. The molecule has 0 unspecified atom stereocenters. The van der Waals surface area contributed by atoms with Gasteiger partial charge in [-0.25, -0.2) is 4.79 Å². The van der Waals surface area contributed by atoms with Crippen LogP contribution in [0.5, 0.6) is 0 Å². The molecule has 2 rings (SSSR count). The summed E-state index contributed by atoms with van der Waals surface area (Å²) in [6.07, 6.45) is 0. The van der Waals surface area contributed by atoms with Crippen molar-refractivity contribution >= 4 is 21.9 Å². The van der Waals surface area contributed by atoms with Crippen molar-refractivity contribution in [3.8, 4) is 17.2 Å². The molecule has 0 radical (unpaired) electrons. The van der Waals surface area contributed by atoms with E-state index in [2.05, 4.69) is 20.9 Å². The fourth-order valence-corrected chi connectivity index (χ4v) is 2.50. The molecule has 0 atom stereocenters. The number of carbonyl (C=O) groups is 1. The Bertz CT molecular complexity index is 776. The molecule has 1 N–H and O–H groups in total. The van der Waals surface area contributed by atoms with Gasteiger partial charge in [0, 0.05) is 16.6 Å². The first-order valence-electron chi connectivity index (χ1n) is 6.03. The first-order valence-corrected chi connectivity index (χ1v) is 7.15. The highest BCUT2D eigenvalue weighted by Crippen LogP contribution is 2.28. The molecule has 1 aromatic heterocycles. The smallest absolute Gasteiger partial charge is 0.340 e. The number of hydrogen-bond donors (Lipinski definition) is 1. The molecule has 0 saturated carbocycles. The summed E-state index contributed by atoms with van der Waals surface area (Å²) in [5, 5.41) is 9.53. The lowest BCUT2D eigenvalue weighted by atomic mass is 9.95. The molecule has 0 fully saturated rings. The molecule has 21 heavy (non-hydrogen) atoms. The number of nitriles is 1. The van der Waals surface area contributed by atoms with Crippen molar-refractivity contribution in [2.75, 3.05) is 7.11 Å². The molecule has 0 amide bonds. The number of aromatic nitrogens is 1. The van der Waals surface area contributed by atoms with E-state index in [1.165, 1.54) is 7.11 Å². The monoisotopic (exact) mass is 346 g/mol. The van der Waals surface area contributed by atoms with Gasteiger partial charge in [0.15, 0.2) is 0 Å². The molecule has 0 spiro atoms. The predicted molar refractivity (Wildman–Crippen MR) is 81.2 cm³/mol. The zero-order valence-corrected chi connectivity index (χ0v) is 12.7. The lowest BCUT2D eigenvalue weighted by molar-refractivity contribution is 0.0600. The quantitative estimate of drug-likeness (QED) is 0.683. The first kappa shape index (κ1) is 15.0. The Morgan fingerprint density at radius 1 is 1.38 bits per heavy atom. The van der Waals surface area contributed by atoms with Crippen LogP contribution in [-0.2, 0) is 10.1 Å². The van der Waals surface area contributed by atoms with Crippen molar-refractivity contribution in [1.82, 2.24) is 4.98 Å². The number of H-pyrrole nitrogens is 1. The van der Waals surface area contributed by atoms with Crippen molar-refractivity contribution in [3.63, 3.8) is 0 Å². The molecule has 0 aliphatic heterocycles. The van der Waals surface area contributed by atoms with E-state index in [4.69, 9.17) is 4.74 Å². The SMILES string of the molecule is COC(=O)c1c(CBr)[nH]c(=O)c(C#N)c1-c1ccccc1. The van der Waals surface area contributed by atoms with Crippen molar-refractivity contribution in [2.45, 2.75) is 5.33 Å². The number of ether oxygens (including phenoxy) is 1. The van der Waals surface area contributed by atoms with Crippen LogP contribution >= 0.6 is 15.9 Å². The summed E-state index contributed by atoms with van der Waals surface area (Å²) in [5.41, 5.74) is 0.845. The molecule has 1 heterocycles. The van der Waals surface area contributed by atoms with Gasteiger partial charge in [-0.05, 0) is 5.56 Å². The van der Waals surface area contributed by atoms with Crippen molar-refractivity contribution in [1.29, 1.82) is 5.26 Å². The molecule has 2 aromatic rings. The van der Waals surface area contributed by atoms with Gasteiger partial charge in [-0.3, -0.25) is 4.79 Å². The molecule has 0 bridgehead atoms. The molecule has 106 valence electrons. The Morgan fingerprint density at radius 2 is 2.05 bits per heavy atom. The van der Waals surface area contributed by atoms with Crippen LogP contribution in [0.15, 0.2) is 35.1 Å². The lowest BCUT2D eigenvalue weighted by Crippen LogP contribution is -2.20. The maximum absolute atomic E-state index is 12.1.